The lowest BCUT2D eigenvalue weighted by atomic mass is 10.2. The van der Waals surface area contributed by atoms with Crippen LogP contribution in [0.3, 0.4) is 0 Å². The SMILES string of the molecule is CSc1ccccc1C(=O)Nc1ccc2c(c1)NC(=O)[C@H](C)O2. The minimum Gasteiger partial charge on any atom is -0.479 e. The van der Waals surface area contributed by atoms with E-state index in [0.717, 1.165) is 4.90 Å². The van der Waals surface area contributed by atoms with Crippen molar-refractivity contribution in [2.24, 2.45) is 0 Å². The van der Waals surface area contributed by atoms with Gasteiger partial charge in [-0.3, -0.25) is 9.59 Å². The van der Waals surface area contributed by atoms with Crippen LogP contribution >= 0.6 is 11.8 Å². The highest BCUT2D eigenvalue weighted by atomic mass is 32.2. The average Bonchev–Trinajstić information content (AvgIpc) is 2.56. The first-order valence-electron chi connectivity index (χ1n) is 7.14. The minimum atomic E-state index is -0.517. The molecule has 2 N–H and O–H groups in total. The molecular formula is C17H16N2O3S. The second kappa shape index (κ2) is 6.34. The predicted molar refractivity (Wildman–Crippen MR) is 91.3 cm³/mol. The lowest BCUT2D eigenvalue weighted by Crippen LogP contribution is -2.34. The average molecular weight is 328 g/mol. The molecule has 0 bridgehead atoms. The number of nitrogens with one attached hydrogen (secondary N) is 2. The zero-order chi connectivity index (χ0) is 16.4. The van der Waals surface area contributed by atoms with E-state index >= 15 is 0 Å². The second-order valence-corrected chi connectivity index (χ2v) is 5.96. The van der Waals surface area contributed by atoms with Crippen LogP contribution in [0.1, 0.15) is 17.3 Å². The summed E-state index contributed by atoms with van der Waals surface area (Å²) >= 11 is 1.52. The largest absolute Gasteiger partial charge is 0.479 e. The summed E-state index contributed by atoms with van der Waals surface area (Å²) in [7, 11) is 0. The molecule has 2 aromatic rings. The molecule has 1 heterocycles. The number of carbonyl (C=O) groups is 2. The molecule has 0 saturated carbocycles. The Bertz CT molecular complexity index is 776. The summed E-state index contributed by atoms with van der Waals surface area (Å²) in [5, 5.41) is 5.62. The number of rotatable bonds is 3. The van der Waals surface area contributed by atoms with Gasteiger partial charge in [0.25, 0.3) is 11.8 Å². The third-order valence-corrected chi connectivity index (χ3v) is 4.32. The molecule has 0 aromatic heterocycles. The first-order chi connectivity index (χ1) is 11.1. The zero-order valence-electron chi connectivity index (χ0n) is 12.8. The summed E-state index contributed by atoms with van der Waals surface area (Å²) in [6, 6.07) is 12.6. The Morgan fingerprint density at radius 2 is 2.04 bits per heavy atom. The van der Waals surface area contributed by atoms with Gasteiger partial charge < -0.3 is 15.4 Å². The molecule has 1 aliphatic heterocycles. The number of hydrogen-bond donors (Lipinski definition) is 2. The quantitative estimate of drug-likeness (QED) is 0.848. The molecule has 2 aromatic carbocycles. The molecule has 0 radical (unpaired) electrons. The standard InChI is InChI=1S/C17H16N2O3S/c1-10-16(20)19-13-9-11(7-8-14(13)22-10)18-17(21)12-5-3-4-6-15(12)23-2/h3-10H,1-2H3,(H,18,21)(H,19,20)/t10-/m0/s1. The fraction of sp³-hybridized carbons (Fsp3) is 0.176. The van der Waals surface area contributed by atoms with Crippen LogP contribution in [0.25, 0.3) is 0 Å². The van der Waals surface area contributed by atoms with Gasteiger partial charge in [-0.1, -0.05) is 12.1 Å². The summed E-state index contributed by atoms with van der Waals surface area (Å²) in [4.78, 5) is 25.0. The van der Waals surface area contributed by atoms with Gasteiger partial charge in [0, 0.05) is 10.6 Å². The molecule has 2 amide bonds. The molecule has 0 unspecified atom stereocenters. The number of fused-ring (bicyclic) bond motifs is 1. The number of benzene rings is 2. The third-order valence-electron chi connectivity index (χ3n) is 3.52. The van der Waals surface area contributed by atoms with Crippen LogP contribution < -0.4 is 15.4 Å². The number of amides is 2. The van der Waals surface area contributed by atoms with Crippen LogP contribution in [0.5, 0.6) is 5.75 Å². The molecular weight excluding hydrogens is 312 g/mol. The van der Waals surface area contributed by atoms with Crippen molar-refractivity contribution >= 4 is 35.0 Å². The molecule has 0 spiro atoms. The highest BCUT2D eigenvalue weighted by molar-refractivity contribution is 7.98. The van der Waals surface area contributed by atoms with Crippen LogP contribution in [0, 0.1) is 0 Å². The lowest BCUT2D eigenvalue weighted by Gasteiger charge is -2.23. The van der Waals surface area contributed by atoms with Gasteiger partial charge in [0.1, 0.15) is 5.75 Å². The molecule has 0 saturated heterocycles. The van der Waals surface area contributed by atoms with Crippen molar-refractivity contribution in [2.75, 3.05) is 16.9 Å². The summed E-state index contributed by atoms with van der Waals surface area (Å²) in [5.41, 5.74) is 1.78. The monoisotopic (exact) mass is 328 g/mol. The number of carbonyl (C=O) groups excluding carboxylic acids is 2. The van der Waals surface area contributed by atoms with Gasteiger partial charge in [0.15, 0.2) is 6.10 Å². The summed E-state index contributed by atoms with van der Waals surface area (Å²) < 4.78 is 5.50. The predicted octanol–water partition coefficient (Wildman–Crippen LogP) is 3.38. The number of thioether (sulfide) groups is 1. The lowest BCUT2D eigenvalue weighted by molar-refractivity contribution is -0.122. The van der Waals surface area contributed by atoms with E-state index in [9.17, 15) is 9.59 Å². The van der Waals surface area contributed by atoms with Crippen molar-refractivity contribution in [1.29, 1.82) is 0 Å². The van der Waals surface area contributed by atoms with E-state index < -0.39 is 6.10 Å². The topological polar surface area (TPSA) is 67.4 Å². The Hall–Kier alpha value is -2.47. The number of anilines is 2. The van der Waals surface area contributed by atoms with E-state index in [4.69, 9.17) is 4.74 Å². The van der Waals surface area contributed by atoms with E-state index in [-0.39, 0.29) is 11.8 Å². The van der Waals surface area contributed by atoms with Crippen LogP contribution in [0.2, 0.25) is 0 Å². The fourth-order valence-electron chi connectivity index (χ4n) is 2.32. The molecule has 1 aliphatic rings. The van der Waals surface area contributed by atoms with Crippen LogP contribution in [-0.4, -0.2) is 24.2 Å². The van der Waals surface area contributed by atoms with Crippen molar-refractivity contribution in [2.45, 2.75) is 17.9 Å². The zero-order valence-corrected chi connectivity index (χ0v) is 13.6. The first-order valence-corrected chi connectivity index (χ1v) is 8.37. The van der Waals surface area contributed by atoms with Gasteiger partial charge >= 0.3 is 0 Å². The van der Waals surface area contributed by atoms with E-state index in [2.05, 4.69) is 10.6 Å². The molecule has 1 atom stereocenters. The van der Waals surface area contributed by atoms with Crippen LogP contribution in [0.4, 0.5) is 11.4 Å². The smallest absolute Gasteiger partial charge is 0.265 e. The maximum atomic E-state index is 12.4. The molecule has 118 valence electrons. The van der Waals surface area contributed by atoms with Crippen molar-refractivity contribution in [1.82, 2.24) is 0 Å². The number of ether oxygens (including phenoxy) is 1. The minimum absolute atomic E-state index is 0.189. The van der Waals surface area contributed by atoms with Crippen LogP contribution in [0.15, 0.2) is 47.4 Å². The Labute approximate surface area is 138 Å². The van der Waals surface area contributed by atoms with Gasteiger partial charge in [-0.15, -0.1) is 11.8 Å². The normalized spacial score (nSPS) is 16.1. The van der Waals surface area contributed by atoms with Gasteiger partial charge in [-0.25, -0.2) is 0 Å². The van der Waals surface area contributed by atoms with Gasteiger partial charge in [-0.05, 0) is 43.5 Å². The van der Waals surface area contributed by atoms with E-state index in [1.807, 2.05) is 24.5 Å². The molecule has 0 aliphatic carbocycles. The highest BCUT2D eigenvalue weighted by Crippen LogP contribution is 2.32. The fourth-order valence-corrected chi connectivity index (χ4v) is 2.91. The van der Waals surface area contributed by atoms with Crippen LogP contribution in [-0.2, 0) is 4.79 Å². The van der Waals surface area contributed by atoms with Gasteiger partial charge in [0.2, 0.25) is 0 Å². The highest BCUT2D eigenvalue weighted by Gasteiger charge is 2.23. The Balaban J connectivity index is 1.82. The molecule has 3 rings (SSSR count). The van der Waals surface area contributed by atoms with Crippen molar-refractivity contribution < 1.29 is 14.3 Å². The van der Waals surface area contributed by atoms with E-state index in [0.29, 0.717) is 22.7 Å². The summed E-state index contributed by atoms with van der Waals surface area (Å²) in [6.45, 7) is 1.69. The molecule has 23 heavy (non-hydrogen) atoms. The molecule has 6 heteroatoms. The first kappa shape index (κ1) is 15.4. The van der Waals surface area contributed by atoms with Crippen molar-refractivity contribution in [3.05, 3.63) is 48.0 Å². The Morgan fingerprint density at radius 3 is 2.83 bits per heavy atom. The Morgan fingerprint density at radius 1 is 1.26 bits per heavy atom. The van der Waals surface area contributed by atoms with E-state index in [1.165, 1.54) is 11.8 Å². The second-order valence-electron chi connectivity index (χ2n) is 5.11. The maximum Gasteiger partial charge on any atom is 0.265 e. The van der Waals surface area contributed by atoms with Crippen molar-refractivity contribution in [3.8, 4) is 5.75 Å². The summed E-state index contributed by atoms with van der Waals surface area (Å²) in [6.07, 6.45) is 1.41. The molecule has 0 fully saturated rings. The summed E-state index contributed by atoms with van der Waals surface area (Å²) in [5.74, 6) is 0.208. The van der Waals surface area contributed by atoms with Gasteiger partial charge in [0.05, 0.1) is 11.3 Å². The number of hydrogen-bond acceptors (Lipinski definition) is 4. The van der Waals surface area contributed by atoms with Crippen molar-refractivity contribution in [3.63, 3.8) is 0 Å². The van der Waals surface area contributed by atoms with Gasteiger partial charge in [-0.2, -0.15) is 0 Å². The molecule has 5 nitrogen and oxygen atoms in total. The van der Waals surface area contributed by atoms with E-state index in [1.54, 1.807) is 31.2 Å². The Kier molecular flexibility index (Phi) is 4.25. The third kappa shape index (κ3) is 3.17. The maximum absolute atomic E-state index is 12.4.